The van der Waals surface area contributed by atoms with Gasteiger partial charge in [-0.05, 0) is 59.4 Å². The van der Waals surface area contributed by atoms with Crippen LogP contribution in [0.25, 0.3) is 0 Å². The Balaban J connectivity index is 1.42. The average Bonchev–Trinajstić information content (AvgIpc) is 3.25. The molecule has 0 saturated heterocycles. The lowest BCUT2D eigenvalue weighted by atomic mass is 9.76. The molecule has 0 saturated carbocycles. The Hall–Kier alpha value is -1.87. The van der Waals surface area contributed by atoms with Gasteiger partial charge in [0.15, 0.2) is 0 Å². The van der Waals surface area contributed by atoms with Crippen LogP contribution < -0.4 is 5.32 Å². The Morgan fingerprint density at radius 1 is 0.931 bits per heavy atom. The Morgan fingerprint density at radius 2 is 1.79 bits per heavy atom. The molecule has 0 amide bonds. The van der Waals surface area contributed by atoms with Crippen molar-refractivity contribution < 1.29 is 0 Å². The van der Waals surface area contributed by atoms with Gasteiger partial charge in [-0.15, -0.1) is 11.8 Å². The highest BCUT2D eigenvalue weighted by molar-refractivity contribution is 7.98. The molecule has 4 heteroatoms. The summed E-state index contributed by atoms with van der Waals surface area (Å²) in [7, 11) is 0. The molecule has 146 valence electrons. The molecule has 0 unspecified atom stereocenters. The third-order valence-corrected chi connectivity index (χ3v) is 7.70. The minimum Gasteiger partial charge on any atom is -0.378 e. The highest BCUT2D eigenvalue weighted by Gasteiger charge is 2.38. The number of allylic oxidation sites excluding steroid dienone is 2. The minimum atomic E-state index is 0.238. The van der Waals surface area contributed by atoms with Gasteiger partial charge in [0.05, 0.1) is 16.1 Å². The van der Waals surface area contributed by atoms with Crippen LogP contribution in [0.5, 0.6) is 0 Å². The van der Waals surface area contributed by atoms with E-state index < -0.39 is 0 Å². The van der Waals surface area contributed by atoms with Crippen LogP contribution in [-0.2, 0) is 5.75 Å². The number of hydrogen-bond acceptors (Lipinski definition) is 2. The summed E-state index contributed by atoms with van der Waals surface area (Å²) < 4.78 is 0. The van der Waals surface area contributed by atoms with Gasteiger partial charge in [0.2, 0.25) is 0 Å². The first-order valence-corrected chi connectivity index (χ1v) is 11.6. The van der Waals surface area contributed by atoms with Gasteiger partial charge in [-0.25, -0.2) is 0 Å². The van der Waals surface area contributed by atoms with Gasteiger partial charge in [-0.3, -0.25) is 0 Å². The molecular formula is C25H21Cl2NS. The Labute approximate surface area is 186 Å². The number of rotatable bonds is 4. The third-order valence-electron chi connectivity index (χ3n) is 5.88. The summed E-state index contributed by atoms with van der Waals surface area (Å²) in [6.07, 6.45) is 5.77. The zero-order chi connectivity index (χ0) is 19.8. The standard InChI is InChI=1S/C25H21Cl2NS/c26-22-11-10-17(14-23(22)27)25-20-8-4-7-19(20)21-13-16(9-12-24(21)28-25)15-29-18-5-2-1-3-6-18/h1-7,9-14,19-20,25,28H,8,15H2/t19-,20-,25-/m0/s1. The van der Waals surface area contributed by atoms with Gasteiger partial charge >= 0.3 is 0 Å². The molecule has 1 aliphatic heterocycles. The molecule has 0 spiro atoms. The van der Waals surface area contributed by atoms with E-state index in [0.29, 0.717) is 21.9 Å². The van der Waals surface area contributed by atoms with E-state index in [2.05, 4.69) is 72.1 Å². The number of hydrogen-bond donors (Lipinski definition) is 1. The molecule has 3 atom stereocenters. The zero-order valence-corrected chi connectivity index (χ0v) is 18.1. The fraction of sp³-hybridized carbons (Fsp3) is 0.200. The van der Waals surface area contributed by atoms with E-state index in [1.54, 1.807) is 0 Å². The first-order chi connectivity index (χ1) is 14.2. The van der Waals surface area contributed by atoms with Crippen LogP contribution in [-0.4, -0.2) is 0 Å². The molecule has 0 bridgehead atoms. The topological polar surface area (TPSA) is 12.0 Å². The zero-order valence-electron chi connectivity index (χ0n) is 15.8. The fourth-order valence-electron chi connectivity index (χ4n) is 4.45. The van der Waals surface area contributed by atoms with Crippen molar-refractivity contribution in [3.63, 3.8) is 0 Å². The summed E-state index contributed by atoms with van der Waals surface area (Å²) in [6, 6.07) is 23.7. The molecule has 2 aliphatic rings. The van der Waals surface area contributed by atoms with Crippen molar-refractivity contribution in [1.82, 2.24) is 0 Å². The second kappa shape index (κ2) is 8.10. The molecule has 0 aromatic heterocycles. The van der Waals surface area contributed by atoms with Crippen LogP contribution in [0.3, 0.4) is 0 Å². The average molecular weight is 438 g/mol. The SMILES string of the molecule is Clc1ccc([C@@H]2Nc3ccc(CSc4ccccc4)cc3[C@H]3C=CC[C@@H]32)cc1Cl. The van der Waals surface area contributed by atoms with Crippen LogP contribution in [0.15, 0.2) is 83.8 Å². The number of halogens is 2. The molecular weight excluding hydrogens is 417 g/mol. The summed E-state index contributed by atoms with van der Waals surface area (Å²) in [5.41, 5.74) is 5.20. The molecule has 1 aliphatic carbocycles. The lowest BCUT2D eigenvalue weighted by Crippen LogP contribution is -2.29. The van der Waals surface area contributed by atoms with Crippen LogP contribution in [0.2, 0.25) is 10.0 Å². The number of anilines is 1. The first kappa shape index (κ1) is 19.1. The van der Waals surface area contributed by atoms with Crippen molar-refractivity contribution >= 4 is 40.7 Å². The second-order valence-electron chi connectivity index (χ2n) is 7.67. The predicted molar refractivity (Wildman–Crippen MR) is 125 cm³/mol. The highest BCUT2D eigenvalue weighted by Crippen LogP contribution is 2.50. The molecule has 1 N–H and O–H groups in total. The molecule has 3 aromatic carbocycles. The van der Waals surface area contributed by atoms with Gasteiger partial charge in [0, 0.05) is 22.3 Å². The van der Waals surface area contributed by atoms with E-state index >= 15 is 0 Å². The van der Waals surface area contributed by atoms with Gasteiger partial charge in [-0.1, -0.05) is 71.8 Å². The fourth-order valence-corrected chi connectivity index (χ4v) is 5.62. The maximum Gasteiger partial charge on any atom is 0.0595 e. The lowest BCUT2D eigenvalue weighted by molar-refractivity contribution is 0.425. The molecule has 0 radical (unpaired) electrons. The highest BCUT2D eigenvalue weighted by atomic mass is 35.5. The largest absolute Gasteiger partial charge is 0.378 e. The summed E-state index contributed by atoms with van der Waals surface area (Å²) >= 11 is 14.3. The second-order valence-corrected chi connectivity index (χ2v) is 9.54. The Kier molecular flexibility index (Phi) is 5.34. The van der Waals surface area contributed by atoms with E-state index in [9.17, 15) is 0 Å². The van der Waals surface area contributed by atoms with Crippen LogP contribution in [0.1, 0.15) is 35.1 Å². The normalized spacial score (nSPS) is 22.1. The minimum absolute atomic E-state index is 0.238. The number of fused-ring (bicyclic) bond motifs is 3. The van der Waals surface area contributed by atoms with E-state index in [-0.39, 0.29) is 6.04 Å². The third kappa shape index (κ3) is 3.82. The number of thioether (sulfide) groups is 1. The summed E-state index contributed by atoms with van der Waals surface area (Å²) in [4.78, 5) is 1.31. The summed E-state index contributed by atoms with van der Waals surface area (Å²) in [5.74, 6) is 1.92. The summed E-state index contributed by atoms with van der Waals surface area (Å²) in [5, 5.41) is 5.01. The molecule has 3 aromatic rings. The predicted octanol–water partition coefficient (Wildman–Crippen LogP) is 8.11. The Bertz CT molecular complexity index is 1060. The van der Waals surface area contributed by atoms with Crippen molar-refractivity contribution in [2.45, 2.75) is 29.0 Å². The van der Waals surface area contributed by atoms with Crippen molar-refractivity contribution in [2.75, 3.05) is 5.32 Å². The molecule has 1 nitrogen and oxygen atoms in total. The monoisotopic (exact) mass is 437 g/mol. The molecule has 0 fully saturated rings. The lowest BCUT2D eigenvalue weighted by Gasteiger charge is -2.38. The van der Waals surface area contributed by atoms with Crippen molar-refractivity contribution in [1.29, 1.82) is 0 Å². The number of benzene rings is 3. The molecule has 5 rings (SSSR count). The van der Waals surface area contributed by atoms with Gasteiger partial charge in [0.25, 0.3) is 0 Å². The van der Waals surface area contributed by atoms with Crippen molar-refractivity contribution in [3.8, 4) is 0 Å². The quantitative estimate of drug-likeness (QED) is 0.326. The van der Waals surface area contributed by atoms with Gasteiger partial charge < -0.3 is 5.32 Å². The maximum atomic E-state index is 6.30. The smallest absolute Gasteiger partial charge is 0.0595 e. The van der Waals surface area contributed by atoms with E-state index in [4.69, 9.17) is 23.2 Å². The van der Waals surface area contributed by atoms with E-state index in [0.717, 1.165) is 12.2 Å². The maximum absolute atomic E-state index is 6.30. The van der Waals surface area contributed by atoms with Gasteiger partial charge in [0.1, 0.15) is 0 Å². The molecule has 1 heterocycles. The van der Waals surface area contributed by atoms with Crippen LogP contribution in [0.4, 0.5) is 5.69 Å². The van der Waals surface area contributed by atoms with Gasteiger partial charge in [-0.2, -0.15) is 0 Å². The summed E-state index contributed by atoms with van der Waals surface area (Å²) in [6.45, 7) is 0. The van der Waals surface area contributed by atoms with E-state index in [1.807, 2.05) is 23.9 Å². The van der Waals surface area contributed by atoms with Crippen LogP contribution in [0, 0.1) is 5.92 Å². The first-order valence-electron chi connectivity index (χ1n) is 9.88. The molecule has 29 heavy (non-hydrogen) atoms. The van der Waals surface area contributed by atoms with Crippen LogP contribution >= 0.6 is 35.0 Å². The number of nitrogens with one attached hydrogen (secondary N) is 1. The van der Waals surface area contributed by atoms with E-state index in [1.165, 1.54) is 27.3 Å². The Morgan fingerprint density at radius 3 is 2.62 bits per heavy atom. The van der Waals surface area contributed by atoms with Crippen molar-refractivity contribution in [3.05, 3.63) is 106 Å². The van der Waals surface area contributed by atoms with Crippen molar-refractivity contribution in [2.24, 2.45) is 5.92 Å².